The minimum atomic E-state index is -4.91. The van der Waals surface area contributed by atoms with Crippen molar-refractivity contribution < 1.29 is 31.3 Å². The van der Waals surface area contributed by atoms with Crippen LogP contribution in [0.3, 0.4) is 0 Å². The fourth-order valence-corrected chi connectivity index (χ4v) is 3.82. The van der Waals surface area contributed by atoms with Crippen LogP contribution in [0, 0.1) is 17.5 Å². The molecule has 3 aromatic rings. The van der Waals surface area contributed by atoms with Gasteiger partial charge in [0.25, 0.3) is 11.8 Å². The first-order valence-electron chi connectivity index (χ1n) is 9.00. The summed E-state index contributed by atoms with van der Waals surface area (Å²) in [5, 5.41) is 8.87. The van der Waals surface area contributed by atoms with E-state index in [4.69, 9.17) is 9.52 Å². The Morgan fingerprint density at radius 1 is 1.18 bits per heavy atom. The van der Waals surface area contributed by atoms with Crippen LogP contribution in [-0.4, -0.2) is 26.6 Å². The van der Waals surface area contributed by atoms with Crippen LogP contribution in [0.5, 0.6) is 11.6 Å². The number of amides is 1. The quantitative estimate of drug-likeness (QED) is 0.394. The molecule has 1 unspecified atom stereocenters. The molecule has 0 saturated carbocycles. The van der Waals surface area contributed by atoms with E-state index in [1.165, 1.54) is 48.7 Å². The van der Waals surface area contributed by atoms with Crippen molar-refractivity contribution in [3.8, 4) is 11.6 Å². The van der Waals surface area contributed by atoms with Gasteiger partial charge in [-0.2, -0.15) is 13.2 Å². The Morgan fingerprint density at radius 2 is 1.85 bits per heavy atom. The summed E-state index contributed by atoms with van der Waals surface area (Å²) in [6.07, 6.45) is -3.73. The van der Waals surface area contributed by atoms with Gasteiger partial charge in [-0.05, 0) is 58.7 Å². The highest BCUT2D eigenvalue weighted by atomic mass is 79.9. The standard InChI is InChI=1S/C20H15BrF4N4O3S/c1-10-15(18(30)27-11-5-3-6-12(9-11)33(2,26)31)19(29-28-17(10)20(23,24)25)32-14-8-4-7-13(21)16(14)22/h3-9,26H,1-2H3,(H,27,30). The van der Waals surface area contributed by atoms with Gasteiger partial charge in [-0.1, -0.05) is 12.1 Å². The highest BCUT2D eigenvalue weighted by Gasteiger charge is 2.38. The summed E-state index contributed by atoms with van der Waals surface area (Å²) >= 11 is 2.97. The molecule has 0 fully saturated rings. The first kappa shape index (κ1) is 24.6. The lowest BCUT2D eigenvalue weighted by Crippen LogP contribution is -2.21. The summed E-state index contributed by atoms with van der Waals surface area (Å²) < 4.78 is 79.5. The van der Waals surface area contributed by atoms with Gasteiger partial charge < -0.3 is 10.1 Å². The second-order valence-electron chi connectivity index (χ2n) is 6.83. The lowest BCUT2D eigenvalue weighted by atomic mass is 10.1. The van der Waals surface area contributed by atoms with Crippen LogP contribution in [0.25, 0.3) is 0 Å². The molecular formula is C20H15BrF4N4O3S. The molecule has 13 heteroatoms. The highest BCUT2D eigenvalue weighted by molar-refractivity contribution is 9.10. The number of alkyl halides is 3. The summed E-state index contributed by atoms with van der Waals surface area (Å²) in [6, 6.07) is 9.50. The zero-order valence-corrected chi connectivity index (χ0v) is 19.4. The first-order valence-corrected chi connectivity index (χ1v) is 11.8. The SMILES string of the molecule is Cc1c(C(F)(F)F)nnc(Oc2cccc(Br)c2F)c1C(=O)Nc1cccc(S(C)(=N)=O)c1. The summed E-state index contributed by atoms with van der Waals surface area (Å²) in [5.74, 6) is -2.95. The molecule has 2 N–H and O–H groups in total. The number of anilines is 1. The van der Waals surface area contributed by atoms with E-state index < -0.39 is 56.1 Å². The van der Waals surface area contributed by atoms with E-state index in [-0.39, 0.29) is 15.1 Å². The van der Waals surface area contributed by atoms with Crippen LogP contribution in [-0.2, 0) is 15.9 Å². The van der Waals surface area contributed by atoms with Crippen LogP contribution in [0.2, 0.25) is 0 Å². The predicted molar refractivity (Wildman–Crippen MR) is 115 cm³/mol. The van der Waals surface area contributed by atoms with Gasteiger partial charge in [0.2, 0.25) is 0 Å². The number of ether oxygens (including phenoxy) is 1. The molecule has 1 amide bonds. The van der Waals surface area contributed by atoms with E-state index in [0.29, 0.717) is 0 Å². The third kappa shape index (κ3) is 5.47. The maximum absolute atomic E-state index is 14.3. The van der Waals surface area contributed by atoms with Crippen molar-refractivity contribution in [2.75, 3.05) is 11.6 Å². The molecule has 1 heterocycles. The van der Waals surface area contributed by atoms with Crippen LogP contribution in [0.1, 0.15) is 21.6 Å². The lowest BCUT2D eigenvalue weighted by molar-refractivity contribution is -0.142. The van der Waals surface area contributed by atoms with Crippen molar-refractivity contribution in [3.63, 3.8) is 0 Å². The van der Waals surface area contributed by atoms with Crippen LogP contribution in [0.4, 0.5) is 23.2 Å². The van der Waals surface area contributed by atoms with Gasteiger partial charge in [-0.15, -0.1) is 10.2 Å². The molecule has 174 valence electrons. The second-order valence-corrected chi connectivity index (χ2v) is 9.84. The zero-order valence-electron chi connectivity index (χ0n) is 17.0. The largest absolute Gasteiger partial charge is 0.435 e. The van der Waals surface area contributed by atoms with Gasteiger partial charge in [-0.25, -0.2) is 13.4 Å². The lowest BCUT2D eigenvalue weighted by Gasteiger charge is -2.16. The Morgan fingerprint density at radius 3 is 2.48 bits per heavy atom. The Kier molecular flexibility index (Phi) is 6.75. The van der Waals surface area contributed by atoms with Crippen molar-refractivity contribution >= 4 is 37.3 Å². The number of halogens is 5. The van der Waals surface area contributed by atoms with Crippen molar-refractivity contribution in [1.82, 2.24) is 10.2 Å². The van der Waals surface area contributed by atoms with Gasteiger partial charge in [0, 0.05) is 16.8 Å². The molecule has 0 aliphatic heterocycles. The molecule has 0 aliphatic carbocycles. The molecule has 3 rings (SSSR count). The fraction of sp³-hybridized carbons (Fsp3) is 0.150. The zero-order chi connectivity index (χ0) is 24.6. The maximum Gasteiger partial charge on any atom is 0.435 e. The Hall–Kier alpha value is -3.06. The van der Waals surface area contributed by atoms with Crippen LogP contribution < -0.4 is 10.1 Å². The number of nitrogens with one attached hydrogen (secondary N) is 2. The molecule has 0 aliphatic rings. The Bertz CT molecular complexity index is 1350. The summed E-state index contributed by atoms with van der Waals surface area (Å²) in [7, 11) is -3.11. The molecule has 0 spiro atoms. The normalized spacial score (nSPS) is 13.3. The number of hydrogen-bond acceptors (Lipinski definition) is 6. The monoisotopic (exact) mass is 546 g/mol. The highest BCUT2D eigenvalue weighted by Crippen LogP contribution is 2.36. The second kappa shape index (κ2) is 9.06. The van der Waals surface area contributed by atoms with Crippen molar-refractivity contribution in [2.24, 2.45) is 0 Å². The number of nitrogens with zero attached hydrogens (tertiary/aromatic N) is 2. The minimum absolute atomic E-state index is 0.0259. The molecule has 33 heavy (non-hydrogen) atoms. The topological polar surface area (TPSA) is 105 Å². The predicted octanol–water partition coefficient (Wildman–Crippen LogP) is 5.79. The Labute approximate surface area is 194 Å². The van der Waals surface area contributed by atoms with Crippen molar-refractivity contribution in [2.45, 2.75) is 18.0 Å². The maximum atomic E-state index is 14.3. The fourth-order valence-electron chi connectivity index (χ4n) is 2.78. The van der Waals surface area contributed by atoms with E-state index >= 15 is 0 Å². The summed E-state index contributed by atoms with van der Waals surface area (Å²) in [4.78, 5) is 13.1. The minimum Gasteiger partial charge on any atom is -0.434 e. The molecule has 1 atom stereocenters. The summed E-state index contributed by atoms with van der Waals surface area (Å²) in [6.45, 7) is 1.01. The number of aromatic nitrogens is 2. The molecule has 0 saturated heterocycles. The third-order valence-electron chi connectivity index (χ3n) is 4.34. The van der Waals surface area contributed by atoms with Gasteiger partial charge in [0.15, 0.2) is 17.3 Å². The van der Waals surface area contributed by atoms with Crippen molar-refractivity contribution in [3.05, 3.63) is 69.6 Å². The molecule has 0 radical (unpaired) electrons. The van der Waals surface area contributed by atoms with Gasteiger partial charge in [0.05, 0.1) is 14.2 Å². The number of hydrogen-bond donors (Lipinski definition) is 2. The average molecular weight is 547 g/mol. The Balaban J connectivity index is 2.09. The smallest absolute Gasteiger partial charge is 0.434 e. The van der Waals surface area contributed by atoms with E-state index in [1.807, 2.05) is 0 Å². The molecule has 1 aromatic heterocycles. The summed E-state index contributed by atoms with van der Waals surface area (Å²) in [5.41, 5.74) is -2.54. The number of carbonyl (C=O) groups excluding carboxylic acids is 1. The van der Waals surface area contributed by atoms with E-state index in [2.05, 4.69) is 31.4 Å². The molecule has 2 aromatic carbocycles. The molecular weight excluding hydrogens is 532 g/mol. The van der Waals surface area contributed by atoms with Gasteiger partial charge in [-0.3, -0.25) is 4.79 Å². The van der Waals surface area contributed by atoms with Gasteiger partial charge >= 0.3 is 6.18 Å². The number of carbonyl (C=O) groups is 1. The van der Waals surface area contributed by atoms with E-state index in [9.17, 15) is 26.6 Å². The molecule has 0 bridgehead atoms. The van der Waals surface area contributed by atoms with Crippen LogP contribution in [0.15, 0.2) is 51.8 Å². The average Bonchev–Trinajstić information content (AvgIpc) is 2.70. The van der Waals surface area contributed by atoms with E-state index in [1.54, 1.807) is 0 Å². The van der Waals surface area contributed by atoms with Crippen LogP contribution >= 0.6 is 15.9 Å². The first-order chi connectivity index (χ1) is 15.3. The number of rotatable bonds is 5. The van der Waals surface area contributed by atoms with Crippen molar-refractivity contribution in [1.29, 1.82) is 4.78 Å². The van der Waals surface area contributed by atoms with Gasteiger partial charge in [0.1, 0.15) is 5.56 Å². The van der Waals surface area contributed by atoms with E-state index in [0.717, 1.165) is 6.92 Å². The number of benzene rings is 2. The molecule has 7 nitrogen and oxygen atoms in total. The third-order valence-corrected chi connectivity index (χ3v) is 6.11.